The molecule has 2 nitrogen and oxygen atoms in total. The quantitative estimate of drug-likeness (QED) is 0.470. The molecule has 0 saturated carbocycles. The highest BCUT2D eigenvalue weighted by Crippen LogP contribution is 2.31. The van der Waals surface area contributed by atoms with Crippen molar-refractivity contribution in [3.05, 3.63) is 47.5 Å². The van der Waals surface area contributed by atoms with Crippen molar-refractivity contribution in [2.24, 2.45) is 5.84 Å². The third-order valence-corrected chi connectivity index (χ3v) is 3.34. The average Bonchev–Trinajstić information content (AvgIpc) is 2.34. The van der Waals surface area contributed by atoms with Crippen LogP contribution in [0.3, 0.4) is 0 Å². The van der Waals surface area contributed by atoms with E-state index in [1.165, 1.54) is 16.7 Å². The maximum absolute atomic E-state index is 5.73. The molecule has 3 N–H and O–H groups in total. The summed E-state index contributed by atoms with van der Waals surface area (Å²) in [5, 5.41) is 0. The number of hydrazine groups is 1. The van der Waals surface area contributed by atoms with Crippen LogP contribution in [0.4, 0.5) is 0 Å². The van der Waals surface area contributed by atoms with Crippen molar-refractivity contribution in [1.82, 2.24) is 5.43 Å². The fraction of sp³-hybridized carbons (Fsp3) is 0.500. The van der Waals surface area contributed by atoms with Gasteiger partial charge in [0, 0.05) is 6.04 Å². The number of hydrogen-bond acceptors (Lipinski definition) is 2. The van der Waals surface area contributed by atoms with E-state index in [-0.39, 0.29) is 11.5 Å². The lowest BCUT2D eigenvalue weighted by Gasteiger charge is -2.27. The zero-order valence-electron chi connectivity index (χ0n) is 12.1. The SMILES string of the molecule is C=C(CC)CC(NN)c1ccccc1C(C)(C)C. The summed E-state index contributed by atoms with van der Waals surface area (Å²) >= 11 is 0. The minimum atomic E-state index is 0.124. The van der Waals surface area contributed by atoms with Gasteiger partial charge in [0.05, 0.1) is 0 Å². The fourth-order valence-corrected chi connectivity index (χ4v) is 2.18. The minimum Gasteiger partial charge on any atom is -0.271 e. The Morgan fingerprint density at radius 3 is 2.44 bits per heavy atom. The standard InChI is InChI=1S/C16H26N2/c1-6-12(2)11-15(18-17)13-9-7-8-10-14(13)16(3,4)5/h7-10,15,18H,2,6,11,17H2,1,3-5H3. The van der Waals surface area contributed by atoms with Gasteiger partial charge in [-0.1, -0.05) is 64.1 Å². The van der Waals surface area contributed by atoms with E-state index >= 15 is 0 Å². The summed E-state index contributed by atoms with van der Waals surface area (Å²) in [6.07, 6.45) is 1.88. The predicted octanol–water partition coefficient (Wildman–Crippen LogP) is 3.84. The second-order valence-corrected chi connectivity index (χ2v) is 5.86. The molecule has 2 heteroatoms. The van der Waals surface area contributed by atoms with Gasteiger partial charge in [0.25, 0.3) is 0 Å². The number of nitrogens with two attached hydrogens (primary N) is 1. The van der Waals surface area contributed by atoms with Gasteiger partial charge in [0.1, 0.15) is 0 Å². The Labute approximate surface area is 111 Å². The van der Waals surface area contributed by atoms with E-state index in [0.29, 0.717) is 0 Å². The molecule has 100 valence electrons. The summed E-state index contributed by atoms with van der Waals surface area (Å²) < 4.78 is 0. The highest BCUT2D eigenvalue weighted by atomic mass is 15.2. The molecule has 0 aliphatic rings. The van der Waals surface area contributed by atoms with Crippen LogP contribution >= 0.6 is 0 Å². The van der Waals surface area contributed by atoms with Crippen molar-refractivity contribution >= 4 is 0 Å². The van der Waals surface area contributed by atoms with Crippen LogP contribution in [0, 0.1) is 0 Å². The first-order chi connectivity index (χ1) is 8.40. The van der Waals surface area contributed by atoms with Crippen molar-refractivity contribution in [1.29, 1.82) is 0 Å². The van der Waals surface area contributed by atoms with Crippen molar-refractivity contribution in [2.75, 3.05) is 0 Å². The van der Waals surface area contributed by atoms with Crippen LogP contribution in [0.25, 0.3) is 0 Å². The molecule has 0 fully saturated rings. The smallest absolute Gasteiger partial charge is 0.0499 e. The zero-order chi connectivity index (χ0) is 13.8. The van der Waals surface area contributed by atoms with Gasteiger partial charge >= 0.3 is 0 Å². The van der Waals surface area contributed by atoms with E-state index in [2.05, 4.69) is 64.0 Å². The van der Waals surface area contributed by atoms with Gasteiger partial charge in [-0.15, -0.1) is 0 Å². The maximum Gasteiger partial charge on any atom is 0.0499 e. The van der Waals surface area contributed by atoms with Crippen LogP contribution in [0.5, 0.6) is 0 Å². The molecule has 1 aromatic carbocycles. The third kappa shape index (κ3) is 3.69. The van der Waals surface area contributed by atoms with E-state index in [9.17, 15) is 0 Å². The van der Waals surface area contributed by atoms with E-state index in [4.69, 9.17) is 5.84 Å². The number of benzene rings is 1. The van der Waals surface area contributed by atoms with E-state index in [1.54, 1.807) is 0 Å². The van der Waals surface area contributed by atoms with Crippen LogP contribution in [0.15, 0.2) is 36.4 Å². The minimum absolute atomic E-state index is 0.124. The molecule has 0 heterocycles. The molecule has 18 heavy (non-hydrogen) atoms. The zero-order valence-corrected chi connectivity index (χ0v) is 12.1. The van der Waals surface area contributed by atoms with Crippen LogP contribution in [0.1, 0.15) is 57.7 Å². The lowest BCUT2D eigenvalue weighted by Crippen LogP contribution is -2.30. The molecule has 1 unspecified atom stereocenters. The van der Waals surface area contributed by atoms with Crippen molar-refractivity contribution in [3.63, 3.8) is 0 Å². The molecule has 1 atom stereocenters. The molecule has 0 saturated heterocycles. The highest BCUT2D eigenvalue weighted by molar-refractivity contribution is 5.35. The van der Waals surface area contributed by atoms with Crippen LogP contribution in [0.2, 0.25) is 0 Å². The molecule has 0 radical (unpaired) electrons. The molecule has 1 rings (SSSR count). The molecular weight excluding hydrogens is 220 g/mol. The third-order valence-electron chi connectivity index (χ3n) is 3.34. The topological polar surface area (TPSA) is 38.0 Å². The van der Waals surface area contributed by atoms with Gasteiger partial charge in [-0.25, -0.2) is 0 Å². The van der Waals surface area contributed by atoms with E-state index < -0.39 is 0 Å². The molecule has 0 amide bonds. The van der Waals surface area contributed by atoms with Crippen LogP contribution in [-0.4, -0.2) is 0 Å². The molecule has 0 bridgehead atoms. The molecule has 1 aromatic rings. The monoisotopic (exact) mass is 246 g/mol. The summed E-state index contributed by atoms with van der Waals surface area (Å²) in [6, 6.07) is 8.66. The summed E-state index contributed by atoms with van der Waals surface area (Å²) in [7, 11) is 0. The Balaban J connectivity index is 3.10. The largest absolute Gasteiger partial charge is 0.271 e. The fourth-order valence-electron chi connectivity index (χ4n) is 2.18. The normalized spacial score (nSPS) is 13.4. The Morgan fingerprint density at radius 1 is 1.33 bits per heavy atom. The molecule has 0 aliphatic carbocycles. The van der Waals surface area contributed by atoms with Crippen molar-refractivity contribution < 1.29 is 0 Å². The average molecular weight is 246 g/mol. The first-order valence-corrected chi connectivity index (χ1v) is 6.62. The Hall–Kier alpha value is -1.12. The van der Waals surface area contributed by atoms with Gasteiger partial charge < -0.3 is 0 Å². The Bertz CT molecular complexity index is 402. The van der Waals surface area contributed by atoms with Crippen molar-refractivity contribution in [2.45, 2.75) is 52.0 Å². The number of nitrogens with one attached hydrogen (secondary N) is 1. The molecule has 0 aromatic heterocycles. The van der Waals surface area contributed by atoms with E-state index in [1.807, 2.05) is 0 Å². The second-order valence-electron chi connectivity index (χ2n) is 5.86. The van der Waals surface area contributed by atoms with Gasteiger partial charge in [0.2, 0.25) is 0 Å². The first-order valence-electron chi connectivity index (χ1n) is 6.62. The highest BCUT2D eigenvalue weighted by Gasteiger charge is 2.22. The first kappa shape index (κ1) is 14.9. The Morgan fingerprint density at radius 2 is 1.94 bits per heavy atom. The summed E-state index contributed by atoms with van der Waals surface area (Å²) in [6.45, 7) is 12.9. The van der Waals surface area contributed by atoms with Crippen molar-refractivity contribution in [3.8, 4) is 0 Å². The Kier molecular flexibility index (Phi) is 5.12. The summed E-state index contributed by atoms with van der Waals surface area (Å²) in [4.78, 5) is 0. The number of hydrogen-bond donors (Lipinski definition) is 2. The molecular formula is C16H26N2. The molecule has 0 aliphatic heterocycles. The summed E-state index contributed by atoms with van der Waals surface area (Å²) in [5.41, 5.74) is 6.91. The second kappa shape index (κ2) is 6.17. The van der Waals surface area contributed by atoms with Gasteiger partial charge in [-0.05, 0) is 29.4 Å². The molecule has 0 spiro atoms. The van der Waals surface area contributed by atoms with Gasteiger partial charge in [-0.3, -0.25) is 11.3 Å². The van der Waals surface area contributed by atoms with Crippen LogP contribution < -0.4 is 11.3 Å². The van der Waals surface area contributed by atoms with E-state index in [0.717, 1.165) is 12.8 Å². The van der Waals surface area contributed by atoms with Crippen LogP contribution in [-0.2, 0) is 5.41 Å². The lowest BCUT2D eigenvalue weighted by molar-refractivity contribution is 0.514. The lowest BCUT2D eigenvalue weighted by atomic mass is 9.81. The summed E-state index contributed by atoms with van der Waals surface area (Å²) in [5.74, 6) is 5.73. The maximum atomic E-state index is 5.73. The van der Waals surface area contributed by atoms with Gasteiger partial charge in [0.15, 0.2) is 0 Å². The number of rotatable bonds is 5. The predicted molar refractivity (Wildman–Crippen MR) is 79.3 cm³/mol. The van der Waals surface area contributed by atoms with Gasteiger partial charge in [-0.2, -0.15) is 0 Å².